The molecule has 2 aromatic rings. The van der Waals surface area contributed by atoms with Crippen LogP contribution < -0.4 is 10.6 Å². The molecule has 1 aliphatic rings. The smallest absolute Gasteiger partial charge is 0.325 e. The van der Waals surface area contributed by atoms with Gasteiger partial charge in [0.25, 0.3) is 5.91 Å². The molecule has 152 valence electrons. The second-order valence-corrected chi connectivity index (χ2v) is 7.69. The Labute approximate surface area is 179 Å². The van der Waals surface area contributed by atoms with Crippen LogP contribution in [0.4, 0.5) is 4.79 Å². The van der Waals surface area contributed by atoms with Gasteiger partial charge in [-0.15, -0.1) is 0 Å². The van der Waals surface area contributed by atoms with Crippen molar-refractivity contribution in [3.8, 4) is 0 Å². The molecule has 1 saturated heterocycles. The molecule has 1 fully saturated rings. The molecule has 0 unspecified atom stereocenters. The molecule has 6 nitrogen and oxygen atoms in total. The molecular formula is C21H21Cl2N3O3. The number of carbonyl (C=O) groups excluding carboxylic acids is 3. The molecule has 0 spiro atoms. The average molecular weight is 434 g/mol. The van der Waals surface area contributed by atoms with Crippen LogP contribution in [0.25, 0.3) is 0 Å². The van der Waals surface area contributed by atoms with Gasteiger partial charge in [0, 0.05) is 23.0 Å². The predicted octanol–water partition coefficient (Wildman–Crippen LogP) is 4.07. The summed E-state index contributed by atoms with van der Waals surface area (Å²) in [4.78, 5) is 38.4. The summed E-state index contributed by atoms with van der Waals surface area (Å²) in [6, 6.07) is 12.9. The Morgan fingerprint density at radius 1 is 1.17 bits per heavy atom. The van der Waals surface area contributed by atoms with Crippen LogP contribution in [0.2, 0.25) is 10.0 Å². The molecule has 0 radical (unpaired) electrons. The Balaban J connectivity index is 1.52. The van der Waals surface area contributed by atoms with Gasteiger partial charge in [-0.2, -0.15) is 0 Å². The summed E-state index contributed by atoms with van der Waals surface area (Å²) in [6.07, 6.45) is 0.332. The molecule has 3 rings (SSSR count). The molecule has 1 heterocycles. The largest absolute Gasteiger partial charge is 0.352 e. The minimum Gasteiger partial charge on any atom is -0.352 e. The highest BCUT2D eigenvalue weighted by molar-refractivity contribution is 6.35. The lowest BCUT2D eigenvalue weighted by Gasteiger charge is -2.21. The standard InChI is InChI=1S/C21H21Cl2N3O3/c1-13(14-5-3-2-4-6-14)26-20(28)18(25-21(26)29)9-10-19(27)24-12-15-7-8-16(22)11-17(15)23/h2-8,11,13,18H,9-10,12H2,1H3,(H,24,27)(H,25,29)/t13-,18-/m0/s1. The summed E-state index contributed by atoms with van der Waals surface area (Å²) in [6.45, 7) is 2.06. The van der Waals surface area contributed by atoms with Crippen molar-refractivity contribution in [2.45, 2.75) is 38.4 Å². The lowest BCUT2D eigenvalue weighted by atomic mass is 10.1. The van der Waals surface area contributed by atoms with E-state index in [1.165, 1.54) is 4.90 Å². The van der Waals surface area contributed by atoms with Crippen LogP contribution in [0.5, 0.6) is 0 Å². The van der Waals surface area contributed by atoms with Gasteiger partial charge in [-0.25, -0.2) is 4.79 Å². The molecule has 2 aromatic carbocycles. The first kappa shape index (κ1) is 21.1. The van der Waals surface area contributed by atoms with Crippen LogP contribution in [0, 0.1) is 0 Å². The number of nitrogens with one attached hydrogen (secondary N) is 2. The Morgan fingerprint density at radius 2 is 1.90 bits per heavy atom. The van der Waals surface area contributed by atoms with Crippen molar-refractivity contribution in [1.82, 2.24) is 15.5 Å². The van der Waals surface area contributed by atoms with Gasteiger partial charge in [0.05, 0.1) is 6.04 Å². The maximum Gasteiger partial charge on any atom is 0.325 e. The van der Waals surface area contributed by atoms with E-state index in [2.05, 4.69) is 10.6 Å². The number of halogens is 2. The van der Waals surface area contributed by atoms with Crippen LogP contribution >= 0.6 is 23.2 Å². The van der Waals surface area contributed by atoms with Gasteiger partial charge in [0.15, 0.2) is 0 Å². The van der Waals surface area contributed by atoms with E-state index in [9.17, 15) is 14.4 Å². The zero-order chi connectivity index (χ0) is 21.0. The predicted molar refractivity (Wildman–Crippen MR) is 112 cm³/mol. The summed E-state index contributed by atoms with van der Waals surface area (Å²) >= 11 is 12.0. The SMILES string of the molecule is C[C@@H](c1ccccc1)N1C(=O)N[C@@H](CCC(=O)NCc2ccc(Cl)cc2Cl)C1=O. The molecule has 8 heteroatoms. The molecule has 0 bridgehead atoms. The highest BCUT2D eigenvalue weighted by Crippen LogP contribution is 2.25. The summed E-state index contributed by atoms with van der Waals surface area (Å²) in [7, 11) is 0. The Hall–Kier alpha value is -2.57. The van der Waals surface area contributed by atoms with Gasteiger partial charge in [-0.3, -0.25) is 14.5 Å². The summed E-state index contributed by atoms with van der Waals surface area (Å²) in [5.74, 6) is -0.549. The van der Waals surface area contributed by atoms with Crippen molar-refractivity contribution in [3.05, 3.63) is 69.7 Å². The fourth-order valence-electron chi connectivity index (χ4n) is 3.21. The van der Waals surface area contributed by atoms with E-state index in [4.69, 9.17) is 23.2 Å². The van der Waals surface area contributed by atoms with Gasteiger partial charge in [-0.05, 0) is 36.6 Å². The summed E-state index contributed by atoms with van der Waals surface area (Å²) in [5, 5.41) is 6.43. The molecule has 1 aliphatic heterocycles. The Kier molecular flexibility index (Phi) is 6.77. The highest BCUT2D eigenvalue weighted by atomic mass is 35.5. The third kappa shape index (κ3) is 5.08. The van der Waals surface area contributed by atoms with E-state index in [0.29, 0.717) is 10.0 Å². The number of amides is 4. The lowest BCUT2D eigenvalue weighted by molar-refractivity contribution is -0.129. The molecule has 0 aliphatic carbocycles. The molecule has 29 heavy (non-hydrogen) atoms. The number of rotatable bonds is 7. The first-order valence-electron chi connectivity index (χ1n) is 9.26. The third-order valence-electron chi connectivity index (χ3n) is 4.87. The van der Waals surface area contributed by atoms with Gasteiger partial charge in [-0.1, -0.05) is 59.6 Å². The number of hydrogen-bond donors (Lipinski definition) is 2. The van der Waals surface area contributed by atoms with Crippen LogP contribution in [-0.2, 0) is 16.1 Å². The first-order valence-corrected chi connectivity index (χ1v) is 10.0. The van der Waals surface area contributed by atoms with Crippen LogP contribution in [0.15, 0.2) is 48.5 Å². The zero-order valence-electron chi connectivity index (χ0n) is 15.8. The van der Waals surface area contributed by atoms with Crippen LogP contribution in [0.1, 0.15) is 36.9 Å². The second-order valence-electron chi connectivity index (χ2n) is 6.85. The van der Waals surface area contributed by atoms with Crippen molar-refractivity contribution in [2.75, 3.05) is 0 Å². The second kappa shape index (κ2) is 9.29. The number of nitrogens with zero attached hydrogens (tertiary/aromatic N) is 1. The van der Waals surface area contributed by atoms with E-state index in [-0.39, 0.29) is 37.2 Å². The topological polar surface area (TPSA) is 78.5 Å². The van der Waals surface area contributed by atoms with Crippen molar-refractivity contribution in [1.29, 1.82) is 0 Å². The summed E-state index contributed by atoms with van der Waals surface area (Å²) in [5.41, 5.74) is 1.62. The third-order valence-corrected chi connectivity index (χ3v) is 5.46. The summed E-state index contributed by atoms with van der Waals surface area (Å²) < 4.78 is 0. The van der Waals surface area contributed by atoms with E-state index >= 15 is 0 Å². The van der Waals surface area contributed by atoms with Gasteiger partial charge < -0.3 is 10.6 Å². The van der Waals surface area contributed by atoms with Crippen molar-refractivity contribution in [3.63, 3.8) is 0 Å². The number of carbonyl (C=O) groups is 3. The van der Waals surface area contributed by atoms with E-state index in [1.54, 1.807) is 25.1 Å². The van der Waals surface area contributed by atoms with E-state index in [0.717, 1.165) is 11.1 Å². The van der Waals surface area contributed by atoms with Crippen molar-refractivity contribution >= 4 is 41.0 Å². The quantitative estimate of drug-likeness (QED) is 0.645. The molecular weight excluding hydrogens is 413 g/mol. The average Bonchev–Trinajstić information content (AvgIpc) is 2.99. The Morgan fingerprint density at radius 3 is 2.59 bits per heavy atom. The normalized spacial score (nSPS) is 17.2. The molecule has 4 amide bonds. The number of urea groups is 1. The fourth-order valence-corrected chi connectivity index (χ4v) is 3.69. The molecule has 0 aromatic heterocycles. The lowest BCUT2D eigenvalue weighted by Crippen LogP contribution is -2.34. The fraction of sp³-hybridized carbons (Fsp3) is 0.286. The molecule has 0 saturated carbocycles. The maximum absolute atomic E-state index is 12.7. The maximum atomic E-state index is 12.7. The van der Waals surface area contributed by atoms with Gasteiger partial charge in [0.1, 0.15) is 6.04 Å². The first-order chi connectivity index (χ1) is 13.9. The van der Waals surface area contributed by atoms with Crippen LogP contribution in [0.3, 0.4) is 0 Å². The number of hydrogen-bond acceptors (Lipinski definition) is 3. The van der Waals surface area contributed by atoms with E-state index < -0.39 is 12.1 Å². The number of imide groups is 1. The minimum absolute atomic E-state index is 0.107. The van der Waals surface area contributed by atoms with Crippen molar-refractivity contribution in [2.24, 2.45) is 0 Å². The Bertz CT molecular complexity index is 921. The number of benzene rings is 2. The van der Waals surface area contributed by atoms with Crippen molar-refractivity contribution < 1.29 is 14.4 Å². The zero-order valence-corrected chi connectivity index (χ0v) is 17.3. The monoisotopic (exact) mass is 433 g/mol. The van der Waals surface area contributed by atoms with E-state index in [1.807, 2.05) is 30.3 Å². The molecule has 2 N–H and O–H groups in total. The minimum atomic E-state index is -0.710. The van der Waals surface area contributed by atoms with Gasteiger partial charge in [0.2, 0.25) is 5.91 Å². The molecule has 2 atom stereocenters. The van der Waals surface area contributed by atoms with Crippen LogP contribution in [-0.4, -0.2) is 28.8 Å². The highest BCUT2D eigenvalue weighted by Gasteiger charge is 2.40. The van der Waals surface area contributed by atoms with Gasteiger partial charge >= 0.3 is 6.03 Å².